The molecule has 0 spiro atoms. The topological polar surface area (TPSA) is 182 Å². The van der Waals surface area contributed by atoms with Gasteiger partial charge in [-0.2, -0.15) is 0 Å². The summed E-state index contributed by atoms with van der Waals surface area (Å²) in [7, 11) is 2.61. The third kappa shape index (κ3) is 12.3. The van der Waals surface area contributed by atoms with Gasteiger partial charge in [-0.3, -0.25) is 24.5 Å². The Balaban J connectivity index is 1.21. The van der Waals surface area contributed by atoms with E-state index < -0.39 is 36.7 Å². The maximum Gasteiger partial charge on any atom is 0.407 e. The van der Waals surface area contributed by atoms with Crippen LogP contribution in [0.15, 0.2) is 78.9 Å². The van der Waals surface area contributed by atoms with Gasteiger partial charge in [-0.25, -0.2) is 4.79 Å². The standard InChI is InChI=1S/C46H63N7O8/c1-7-30(3)39(49-45(58)60-5)43(56)52-26-12-16-37(52)41(54)47-34-22-18-32(19-23-34)28-51(36-14-10-9-11-15-36)29-33-20-24-35(25-21-33)48-42(55)38-17-13-27-53(38)44(57)40(31(4)8-2)50-46(59)61-6/h9-11,14-15,18-25,30-31,37-40,45,49,58H,7-8,12-13,16-17,26-29H2,1-6H3,(H,47,54)(H,48,55)(H,50,59). The molecule has 3 aromatic carbocycles. The van der Waals surface area contributed by atoms with Crippen molar-refractivity contribution in [2.75, 3.05) is 42.8 Å². The number of anilines is 3. The molecular formula is C46H63N7O8. The van der Waals surface area contributed by atoms with Crippen LogP contribution in [0.1, 0.15) is 77.3 Å². The fourth-order valence-corrected chi connectivity index (χ4v) is 7.92. The van der Waals surface area contributed by atoms with Crippen LogP contribution in [-0.4, -0.2) is 103 Å². The molecule has 0 aromatic heterocycles. The highest BCUT2D eigenvalue weighted by molar-refractivity contribution is 5.99. The molecular weight excluding hydrogens is 779 g/mol. The molecule has 2 heterocycles. The normalized spacial score (nSPS) is 18.7. The summed E-state index contributed by atoms with van der Waals surface area (Å²) in [4.78, 5) is 71.8. The number of aliphatic hydroxyl groups is 1. The Hall–Kier alpha value is -5.51. The molecule has 5 amide bonds. The van der Waals surface area contributed by atoms with Crippen molar-refractivity contribution in [3.63, 3.8) is 0 Å². The number of benzene rings is 3. The molecule has 330 valence electrons. The highest BCUT2D eigenvalue weighted by Crippen LogP contribution is 2.26. The summed E-state index contributed by atoms with van der Waals surface area (Å²) >= 11 is 0. The molecule has 3 aromatic rings. The zero-order valence-corrected chi connectivity index (χ0v) is 36.3. The number of rotatable bonds is 19. The van der Waals surface area contributed by atoms with Crippen molar-refractivity contribution >= 4 is 46.8 Å². The van der Waals surface area contributed by atoms with Crippen LogP contribution in [0, 0.1) is 11.8 Å². The van der Waals surface area contributed by atoms with Gasteiger partial charge < -0.3 is 45.2 Å². The van der Waals surface area contributed by atoms with Crippen molar-refractivity contribution in [1.29, 1.82) is 0 Å². The van der Waals surface area contributed by atoms with E-state index in [0.29, 0.717) is 76.1 Å². The molecule has 0 radical (unpaired) electrons. The number of para-hydroxylation sites is 1. The molecule has 61 heavy (non-hydrogen) atoms. The number of nitrogens with zero attached hydrogens (tertiary/aromatic N) is 3. The summed E-state index contributed by atoms with van der Waals surface area (Å²) in [5.41, 5.74) is 4.31. The maximum absolute atomic E-state index is 13.6. The summed E-state index contributed by atoms with van der Waals surface area (Å²) < 4.78 is 9.71. The summed E-state index contributed by atoms with van der Waals surface area (Å²) in [6, 6.07) is 22.6. The molecule has 5 rings (SSSR count). The van der Waals surface area contributed by atoms with Gasteiger partial charge in [0.05, 0.1) is 13.2 Å². The minimum absolute atomic E-state index is 0.0851. The quantitative estimate of drug-likeness (QED) is 0.0975. The summed E-state index contributed by atoms with van der Waals surface area (Å²) in [5, 5.41) is 21.6. The van der Waals surface area contributed by atoms with Gasteiger partial charge in [0.25, 0.3) is 0 Å². The number of aliphatic hydroxyl groups excluding tert-OH is 1. The van der Waals surface area contributed by atoms with Crippen LogP contribution in [-0.2, 0) is 41.7 Å². The Morgan fingerprint density at radius 3 is 1.61 bits per heavy atom. The zero-order chi connectivity index (χ0) is 44.1. The lowest BCUT2D eigenvalue weighted by Crippen LogP contribution is -2.56. The van der Waals surface area contributed by atoms with Crippen LogP contribution in [0.25, 0.3) is 0 Å². The second-order valence-corrected chi connectivity index (χ2v) is 16.1. The van der Waals surface area contributed by atoms with Crippen LogP contribution in [0.4, 0.5) is 21.9 Å². The van der Waals surface area contributed by atoms with Crippen molar-refractivity contribution in [2.24, 2.45) is 11.8 Å². The number of nitrogens with one attached hydrogen (secondary N) is 4. The smallest absolute Gasteiger partial charge is 0.407 e. The van der Waals surface area contributed by atoms with Crippen molar-refractivity contribution in [3.8, 4) is 0 Å². The zero-order valence-electron chi connectivity index (χ0n) is 36.3. The highest BCUT2D eigenvalue weighted by Gasteiger charge is 2.40. The van der Waals surface area contributed by atoms with Gasteiger partial charge in [0.15, 0.2) is 0 Å². The molecule has 0 bridgehead atoms. The molecule has 2 fully saturated rings. The molecule has 0 aliphatic carbocycles. The third-order valence-corrected chi connectivity index (χ3v) is 12.0. The fraction of sp³-hybridized carbons (Fsp3) is 0.500. The third-order valence-electron chi connectivity index (χ3n) is 12.0. The van der Waals surface area contributed by atoms with E-state index in [4.69, 9.17) is 9.47 Å². The van der Waals surface area contributed by atoms with Gasteiger partial charge in [-0.15, -0.1) is 0 Å². The number of likely N-dealkylation sites (tertiary alicyclic amines) is 2. The molecule has 7 atom stereocenters. The van der Waals surface area contributed by atoms with E-state index in [1.54, 1.807) is 9.80 Å². The van der Waals surface area contributed by atoms with E-state index in [2.05, 4.69) is 38.3 Å². The van der Waals surface area contributed by atoms with Crippen molar-refractivity contribution in [2.45, 2.75) is 110 Å². The number of methoxy groups -OCH3 is 2. The van der Waals surface area contributed by atoms with Gasteiger partial charge in [-0.1, -0.05) is 83.0 Å². The Labute approximate surface area is 359 Å². The van der Waals surface area contributed by atoms with Crippen LogP contribution in [0.5, 0.6) is 0 Å². The molecule has 2 saturated heterocycles. The van der Waals surface area contributed by atoms with Crippen LogP contribution in [0.2, 0.25) is 0 Å². The molecule has 7 unspecified atom stereocenters. The van der Waals surface area contributed by atoms with E-state index in [1.807, 2.05) is 94.4 Å². The lowest BCUT2D eigenvalue weighted by Gasteiger charge is -2.32. The molecule has 0 saturated carbocycles. The van der Waals surface area contributed by atoms with Crippen molar-refractivity contribution < 1.29 is 38.6 Å². The summed E-state index contributed by atoms with van der Waals surface area (Å²) in [6.45, 7) is 9.78. The van der Waals surface area contributed by atoms with Crippen LogP contribution < -0.4 is 26.2 Å². The van der Waals surface area contributed by atoms with Crippen molar-refractivity contribution in [1.82, 2.24) is 20.4 Å². The monoisotopic (exact) mass is 841 g/mol. The summed E-state index contributed by atoms with van der Waals surface area (Å²) in [5.74, 6) is -1.28. The second kappa shape index (κ2) is 22.4. The number of hydrogen-bond acceptors (Lipinski definition) is 10. The maximum atomic E-state index is 13.6. The SMILES string of the molecule is CCC(C)C(NC(=O)OC)C(=O)N1CCCC1C(=O)Nc1ccc(CN(Cc2ccc(NC(=O)C3CCCN3C(=O)C(NC(O)OC)C(C)CC)cc2)c2ccccc2)cc1. The molecule has 5 N–H and O–H groups in total. The van der Waals surface area contributed by atoms with E-state index in [9.17, 15) is 29.1 Å². The largest absolute Gasteiger partial charge is 0.453 e. The average molecular weight is 842 g/mol. The Morgan fingerprint density at radius 1 is 0.705 bits per heavy atom. The number of ether oxygens (including phenoxy) is 2. The number of amides is 5. The number of carbonyl (C=O) groups is 5. The Morgan fingerprint density at radius 2 is 1.16 bits per heavy atom. The van der Waals surface area contributed by atoms with Gasteiger partial charge in [0.2, 0.25) is 30.0 Å². The van der Waals surface area contributed by atoms with E-state index in [1.165, 1.54) is 14.2 Å². The van der Waals surface area contributed by atoms with Gasteiger partial charge in [0, 0.05) is 50.4 Å². The second-order valence-electron chi connectivity index (χ2n) is 16.1. The van der Waals surface area contributed by atoms with Gasteiger partial charge in [-0.05, 0) is 85.0 Å². The van der Waals surface area contributed by atoms with Crippen LogP contribution >= 0.6 is 0 Å². The number of carbonyl (C=O) groups excluding carboxylic acids is 5. The van der Waals surface area contributed by atoms with Gasteiger partial charge >= 0.3 is 6.09 Å². The molecule has 15 heteroatoms. The predicted molar refractivity (Wildman–Crippen MR) is 234 cm³/mol. The van der Waals surface area contributed by atoms with E-state index >= 15 is 0 Å². The molecule has 15 nitrogen and oxygen atoms in total. The minimum Gasteiger partial charge on any atom is -0.453 e. The first-order valence-electron chi connectivity index (χ1n) is 21.4. The first-order valence-corrected chi connectivity index (χ1v) is 21.4. The number of hydrogen-bond donors (Lipinski definition) is 5. The van der Waals surface area contributed by atoms with E-state index in [0.717, 1.165) is 16.8 Å². The molecule has 2 aliphatic rings. The van der Waals surface area contributed by atoms with E-state index in [-0.39, 0.29) is 35.5 Å². The van der Waals surface area contributed by atoms with Crippen molar-refractivity contribution in [3.05, 3.63) is 90.0 Å². The lowest BCUT2D eigenvalue weighted by atomic mass is 9.97. The fourth-order valence-electron chi connectivity index (χ4n) is 7.92. The number of alkyl carbamates (subject to hydrolysis) is 1. The van der Waals surface area contributed by atoms with Gasteiger partial charge in [0.1, 0.15) is 18.1 Å². The average Bonchev–Trinajstić information content (AvgIpc) is 3.99. The minimum atomic E-state index is -1.29. The Bertz CT molecular complexity index is 1910. The predicted octanol–water partition coefficient (Wildman–Crippen LogP) is 5.45. The highest BCUT2D eigenvalue weighted by atomic mass is 16.6. The van der Waals surface area contributed by atoms with Crippen LogP contribution in [0.3, 0.4) is 0 Å². The first-order chi connectivity index (χ1) is 29.4. The summed E-state index contributed by atoms with van der Waals surface area (Å²) in [6.07, 6.45) is 1.85. The first kappa shape index (κ1) is 46.6. The molecule has 2 aliphatic heterocycles. The lowest BCUT2D eigenvalue weighted by molar-refractivity contribution is -0.147. The Kier molecular flexibility index (Phi) is 17.1.